The Morgan fingerprint density at radius 3 is 1.37 bits per heavy atom. The predicted molar refractivity (Wildman–Crippen MR) is 218 cm³/mol. The Balaban J connectivity index is 1.16. The molecule has 0 aliphatic carbocycles. The van der Waals surface area contributed by atoms with Crippen molar-refractivity contribution in [1.29, 1.82) is 0 Å². The van der Waals surface area contributed by atoms with E-state index in [9.17, 15) is 0 Å². The van der Waals surface area contributed by atoms with Gasteiger partial charge in [0, 0.05) is 21.9 Å². The maximum absolute atomic E-state index is 6.77. The fourth-order valence-electron chi connectivity index (χ4n) is 8.43. The van der Waals surface area contributed by atoms with Crippen LogP contribution in [0.2, 0.25) is 0 Å². The summed E-state index contributed by atoms with van der Waals surface area (Å²) in [5.74, 6) is 0. The van der Waals surface area contributed by atoms with Crippen LogP contribution in [0.25, 0.3) is 109 Å². The molecule has 1 heteroatoms. The molecule has 0 N–H and O–H groups in total. The van der Waals surface area contributed by atoms with Gasteiger partial charge < -0.3 is 4.42 Å². The van der Waals surface area contributed by atoms with E-state index >= 15 is 0 Å². The predicted octanol–water partition coefficient (Wildman–Crippen LogP) is 14.4. The summed E-state index contributed by atoms with van der Waals surface area (Å²) in [6.45, 7) is 0. The zero-order valence-electron chi connectivity index (χ0n) is 27.7. The van der Waals surface area contributed by atoms with Crippen molar-refractivity contribution in [1.82, 2.24) is 0 Å². The molecule has 11 rings (SSSR count). The smallest absolute Gasteiger partial charge is 0.143 e. The lowest BCUT2D eigenvalue weighted by Gasteiger charge is -2.19. The number of furan rings is 1. The fraction of sp³-hybridized carbons (Fsp3) is 0. The third kappa shape index (κ3) is 4.28. The van der Waals surface area contributed by atoms with Gasteiger partial charge in [-0.15, -0.1) is 0 Å². The molecule has 0 unspecified atom stereocenters. The van der Waals surface area contributed by atoms with Gasteiger partial charge in [-0.3, -0.25) is 0 Å². The maximum atomic E-state index is 6.77. The number of hydrogen-bond donors (Lipinski definition) is 0. The molecule has 0 aliphatic rings. The molecule has 0 amide bonds. The van der Waals surface area contributed by atoms with Crippen molar-refractivity contribution in [3.8, 4) is 33.4 Å². The van der Waals surface area contributed by atoms with Crippen molar-refractivity contribution >= 4 is 75.8 Å². The lowest BCUT2D eigenvalue weighted by molar-refractivity contribution is 0.670. The van der Waals surface area contributed by atoms with Crippen LogP contribution in [0, 0.1) is 0 Å². The molecule has 236 valence electrons. The van der Waals surface area contributed by atoms with E-state index in [-0.39, 0.29) is 0 Å². The summed E-state index contributed by atoms with van der Waals surface area (Å²) in [6, 6.07) is 66.3. The van der Waals surface area contributed by atoms with Gasteiger partial charge in [-0.2, -0.15) is 0 Å². The van der Waals surface area contributed by atoms with Crippen LogP contribution >= 0.6 is 0 Å². The molecule has 0 atom stereocenters. The summed E-state index contributed by atoms with van der Waals surface area (Å²) in [6.07, 6.45) is 0. The van der Waals surface area contributed by atoms with E-state index in [1.165, 1.54) is 81.7 Å². The van der Waals surface area contributed by atoms with E-state index in [1.807, 2.05) is 0 Å². The third-order valence-corrected chi connectivity index (χ3v) is 10.8. The molecular formula is C50H30O. The minimum absolute atomic E-state index is 0.911. The SMILES string of the molecule is c1ccc2cc(-c3ccc4cc(-c5c6ccccc6c(-c6c7ccccc7cc7c6oc6ccccc67)c6ccccc56)ccc4c3)ccc2c1. The molecule has 0 spiro atoms. The average Bonchev–Trinajstić information content (AvgIpc) is 3.57. The lowest BCUT2D eigenvalue weighted by Crippen LogP contribution is -1.92. The van der Waals surface area contributed by atoms with Crippen molar-refractivity contribution in [3.63, 3.8) is 0 Å². The van der Waals surface area contributed by atoms with Gasteiger partial charge in [-0.1, -0.05) is 152 Å². The first-order valence-electron chi connectivity index (χ1n) is 17.6. The molecule has 0 radical (unpaired) electrons. The number of para-hydroxylation sites is 1. The Morgan fingerprint density at radius 1 is 0.255 bits per heavy atom. The van der Waals surface area contributed by atoms with Crippen molar-refractivity contribution < 1.29 is 4.42 Å². The van der Waals surface area contributed by atoms with E-state index in [0.29, 0.717) is 0 Å². The Morgan fingerprint density at radius 2 is 0.706 bits per heavy atom. The van der Waals surface area contributed by atoms with Crippen molar-refractivity contribution in [2.75, 3.05) is 0 Å². The number of hydrogen-bond acceptors (Lipinski definition) is 1. The maximum Gasteiger partial charge on any atom is 0.143 e. The highest BCUT2D eigenvalue weighted by Gasteiger charge is 2.22. The highest BCUT2D eigenvalue weighted by atomic mass is 16.3. The van der Waals surface area contributed by atoms with Crippen molar-refractivity contribution in [2.45, 2.75) is 0 Å². The van der Waals surface area contributed by atoms with E-state index in [1.54, 1.807) is 0 Å². The van der Waals surface area contributed by atoms with Crippen LogP contribution in [0.15, 0.2) is 186 Å². The monoisotopic (exact) mass is 646 g/mol. The number of rotatable bonds is 3. The molecule has 51 heavy (non-hydrogen) atoms. The molecular weight excluding hydrogens is 617 g/mol. The summed E-state index contributed by atoms with van der Waals surface area (Å²) in [4.78, 5) is 0. The molecule has 1 aromatic heterocycles. The van der Waals surface area contributed by atoms with Gasteiger partial charge in [0.1, 0.15) is 11.2 Å². The van der Waals surface area contributed by atoms with E-state index in [0.717, 1.165) is 27.5 Å². The van der Waals surface area contributed by atoms with Gasteiger partial charge in [-0.05, 0) is 106 Å². The van der Waals surface area contributed by atoms with Crippen LogP contribution < -0.4 is 0 Å². The van der Waals surface area contributed by atoms with Crippen LogP contribution in [0.3, 0.4) is 0 Å². The minimum Gasteiger partial charge on any atom is -0.455 e. The topological polar surface area (TPSA) is 13.1 Å². The first kappa shape index (κ1) is 28.2. The molecule has 1 heterocycles. The van der Waals surface area contributed by atoms with E-state index in [2.05, 4.69) is 182 Å². The van der Waals surface area contributed by atoms with Gasteiger partial charge in [0.15, 0.2) is 0 Å². The summed E-state index contributed by atoms with van der Waals surface area (Å²) in [7, 11) is 0. The van der Waals surface area contributed by atoms with Crippen LogP contribution in [-0.2, 0) is 0 Å². The second-order valence-electron chi connectivity index (χ2n) is 13.6. The third-order valence-electron chi connectivity index (χ3n) is 10.8. The van der Waals surface area contributed by atoms with Gasteiger partial charge in [0.05, 0.1) is 0 Å². The van der Waals surface area contributed by atoms with Crippen molar-refractivity contribution in [3.05, 3.63) is 182 Å². The molecule has 0 bridgehead atoms. The molecule has 0 saturated carbocycles. The molecule has 0 fully saturated rings. The van der Waals surface area contributed by atoms with Gasteiger partial charge in [0.25, 0.3) is 0 Å². The Bertz CT molecular complexity index is 3140. The van der Waals surface area contributed by atoms with Crippen LogP contribution in [-0.4, -0.2) is 0 Å². The molecule has 10 aromatic carbocycles. The van der Waals surface area contributed by atoms with Crippen LogP contribution in [0.5, 0.6) is 0 Å². The van der Waals surface area contributed by atoms with Gasteiger partial charge in [0.2, 0.25) is 0 Å². The zero-order chi connectivity index (χ0) is 33.5. The summed E-state index contributed by atoms with van der Waals surface area (Å²) in [5.41, 5.74) is 9.15. The molecule has 0 saturated heterocycles. The van der Waals surface area contributed by atoms with Gasteiger partial charge in [-0.25, -0.2) is 0 Å². The van der Waals surface area contributed by atoms with Crippen LogP contribution in [0.1, 0.15) is 0 Å². The van der Waals surface area contributed by atoms with Crippen molar-refractivity contribution in [2.24, 2.45) is 0 Å². The quantitative estimate of drug-likeness (QED) is 0.174. The normalized spacial score (nSPS) is 11.9. The highest BCUT2D eigenvalue weighted by molar-refractivity contribution is 6.28. The van der Waals surface area contributed by atoms with Crippen LogP contribution in [0.4, 0.5) is 0 Å². The zero-order valence-corrected chi connectivity index (χ0v) is 27.7. The van der Waals surface area contributed by atoms with Gasteiger partial charge >= 0.3 is 0 Å². The minimum atomic E-state index is 0.911. The second kappa shape index (κ2) is 10.9. The fourth-order valence-corrected chi connectivity index (χ4v) is 8.43. The average molecular weight is 647 g/mol. The molecule has 0 aliphatic heterocycles. The second-order valence-corrected chi connectivity index (χ2v) is 13.6. The first-order valence-corrected chi connectivity index (χ1v) is 17.6. The standard InChI is InChI=1S/C50H30O/c1-2-12-32-27-33(22-21-31(32)11-1)34-23-24-36-29-38(26-25-35(36)28-34)47-41-16-5-7-18-43(41)48(44-19-8-6-17-42(44)47)49-39-14-4-3-13-37(39)30-45-40-15-9-10-20-46(40)51-50(45)49/h1-30H. The summed E-state index contributed by atoms with van der Waals surface area (Å²) >= 11 is 0. The van der Waals surface area contributed by atoms with E-state index < -0.39 is 0 Å². The Hall–Kier alpha value is -6.70. The first-order chi connectivity index (χ1) is 25.3. The molecule has 11 aromatic rings. The Kier molecular flexibility index (Phi) is 6.02. The van der Waals surface area contributed by atoms with E-state index in [4.69, 9.17) is 4.42 Å². The molecule has 1 nitrogen and oxygen atoms in total. The number of fused-ring (bicyclic) bond motifs is 8. The lowest BCUT2D eigenvalue weighted by atomic mass is 9.83. The Labute approximate surface area is 294 Å². The largest absolute Gasteiger partial charge is 0.455 e. The summed E-state index contributed by atoms with van der Waals surface area (Å²) < 4.78 is 6.77. The highest BCUT2D eigenvalue weighted by Crippen LogP contribution is 2.49. The number of benzene rings is 10. The summed E-state index contributed by atoms with van der Waals surface area (Å²) in [5, 5.41) is 14.6.